The number of para-hydroxylation sites is 1. The summed E-state index contributed by atoms with van der Waals surface area (Å²) >= 11 is 0. The zero-order valence-electron chi connectivity index (χ0n) is 11.6. The Hall–Kier alpha value is -2.33. The Morgan fingerprint density at radius 2 is 1.95 bits per heavy atom. The van der Waals surface area contributed by atoms with Crippen molar-refractivity contribution in [2.75, 3.05) is 11.4 Å². The maximum Gasteiger partial charge on any atom is 0.258 e. The third-order valence-corrected chi connectivity index (χ3v) is 3.78. The summed E-state index contributed by atoms with van der Waals surface area (Å²) in [6.45, 7) is 0.558. The van der Waals surface area contributed by atoms with Crippen LogP contribution in [0.3, 0.4) is 0 Å². The second-order valence-corrected chi connectivity index (χ2v) is 5.22. The summed E-state index contributed by atoms with van der Waals surface area (Å²) in [7, 11) is 0. The molecule has 3 rings (SSSR count). The number of aliphatic hydroxyl groups excluding tert-OH is 1. The van der Waals surface area contributed by atoms with Crippen molar-refractivity contribution >= 4 is 11.6 Å². The van der Waals surface area contributed by atoms with Crippen LogP contribution in [-0.2, 0) is 0 Å². The summed E-state index contributed by atoms with van der Waals surface area (Å²) in [5.41, 5.74) is 1.97. The third kappa shape index (κ3) is 2.62. The molecule has 0 saturated carbocycles. The van der Waals surface area contributed by atoms with Crippen LogP contribution in [0, 0.1) is 0 Å². The molecular formula is C17H17NO3. The third-order valence-electron chi connectivity index (χ3n) is 3.78. The SMILES string of the molecule is O=C(c1cccc(O)c1)N1CCCC(O)c2ccccc21. The summed E-state index contributed by atoms with van der Waals surface area (Å²) in [5, 5.41) is 19.7. The van der Waals surface area contributed by atoms with Gasteiger partial charge in [-0.2, -0.15) is 0 Å². The summed E-state index contributed by atoms with van der Waals surface area (Å²) in [6.07, 6.45) is 0.837. The average molecular weight is 283 g/mol. The Bertz CT molecular complexity index is 669. The van der Waals surface area contributed by atoms with Gasteiger partial charge in [-0.05, 0) is 37.1 Å². The number of rotatable bonds is 1. The fraction of sp³-hybridized carbons (Fsp3) is 0.235. The molecule has 4 heteroatoms. The molecule has 0 bridgehead atoms. The Morgan fingerprint density at radius 3 is 2.76 bits per heavy atom. The minimum atomic E-state index is -0.539. The highest BCUT2D eigenvalue weighted by molar-refractivity contribution is 6.06. The first-order valence-corrected chi connectivity index (χ1v) is 7.05. The molecule has 1 heterocycles. The molecule has 0 aliphatic carbocycles. The normalized spacial score (nSPS) is 18.0. The Balaban J connectivity index is 2.02. The van der Waals surface area contributed by atoms with Crippen molar-refractivity contribution < 1.29 is 15.0 Å². The van der Waals surface area contributed by atoms with Crippen LogP contribution in [0.15, 0.2) is 48.5 Å². The largest absolute Gasteiger partial charge is 0.508 e. The lowest BCUT2D eigenvalue weighted by Gasteiger charge is -2.23. The number of aromatic hydroxyl groups is 1. The number of carbonyl (C=O) groups is 1. The number of fused-ring (bicyclic) bond motifs is 1. The van der Waals surface area contributed by atoms with Crippen molar-refractivity contribution in [3.63, 3.8) is 0 Å². The number of carbonyl (C=O) groups excluding carboxylic acids is 1. The highest BCUT2D eigenvalue weighted by Crippen LogP contribution is 2.33. The van der Waals surface area contributed by atoms with Crippen molar-refractivity contribution in [2.45, 2.75) is 18.9 Å². The smallest absolute Gasteiger partial charge is 0.258 e. The van der Waals surface area contributed by atoms with Gasteiger partial charge < -0.3 is 15.1 Å². The zero-order chi connectivity index (χ0) is 14.8. The van der Waals surface area contributed by atoms with Gasteiger partial charge in [-0.25, -0.2) is 0 Å². The van der Waals surface area contributed by atoms with Crippen molar-refractivity contribution in [3.8, 4) is 5.75 Å². The number of phenols is 1. The lowest BCUT2D eigenvalue weighted by molar-refractivity contribution is 0.0986. The van der Waals surface area contributed by atoms with E-state index in [2.05, 4.69) is 0 Å². The van der Waals surface area contributed by atoms with Crippen LogP contribution in [0.1, 0.15) is 34.9 Å². The van der Waals surface area contributed by atoms with Crippen LogP contribution in [0.2, 0.25) is 0 Å². The number of hydrogen-bond acceptors (Lipinski definition) is 3. The first kappa shape index (κ1) is 13.6. The monoisotopic (exact) mass is 283 g/mol. The van der Waals surface area contributed by atoms with E-state index in [4.69, 9.17) is 0 Å². The van der Waals surface area contributed by atoms with Crippen molar-refractivity contribution in [2.24, 2.45) is 0 Å². The van der Waals surface area contributed by atoms with E-state index in [1.807, 2.05) is 24.3 Å². The topological polar surface area (TPSA) is 60.8 Å². The highest BCUT2D eigenvalue weighted by atomic mass is 16.3. The molecule has 0 radical (unpaired) electrons. The van der Waals surface area contributed by atoms with Gasteiger partial charge in [0.25, 0.3) is 5.91 Å². The summed E-state index contributed by atoms with van der Waals surface area (Å²) < 4.78 is 0. The molecular weight excluding hydrogens is 266 g/mol. The first-order chi connectivity index (χ1) is 10.2. The summed E-state index contributed by atoms with van der Waals surface area (Å²) in [6, 6.07) is 13.8. The fourth-order valence-corrected chi connectivity index (χ4v) is 2.74. The first-order valence-electron chi connectivity index (χ1n) is 7.05. The average Bonchev–Trinajstić information content (AvgIpc) is 2.66. The molecule has 2 aromatic carbocycles. The Labute approximate surface area is 123 Å². The minimum absolute atomic E-state index is 0.0731. The van der Waals surface area contributed by atoms with Gasteiger partial charge in [0.1, 0.15) is 5.75 Å². The van der Waals surface area contributed by atoms with Crippen LogP contribution in [0.5, 0.6) is 5.75 Å². The number of aliphatic hydroxyl groups is 1. The number of nitrogens with zero attached hydrogens (tertiary/aromatic N) is 1. The molecule has 2 N–H and O–H groups in total. The van der Waals surface area contributed by atoms with Crippen LogP contribution < -0.4 is 4.90 Å². The lowest BCUT2D eigenvalue weighted by Crippen LogP contribution is -2.31. The second kappa shape index (κ2) is 5.58. The molecule has 108 valence electrons. The number of anilines is 1. The van der Waals surface area contributed by atoms with E-state index in [1.54, 1.807) is 17.0 Å². The van der Waals surface area contributed by atoms with Gasteiger partial charge in [-0.1, -0.05) is 24.3 Å². The number of benzene rings is 2. The van der Waals surface area contributed by atoms with Crippen molar-refractivity contribution in [1.29, 1.82) is 0 Å². The molecule has 2 aromatic rings. The standard InChI is InChI=1S/C17H17NO3/c19-13-6-3-5-12(11-13)17(21)18-10-4-9-16(20)14-7-1-2-8-15(14)18/h1-3,5-8,11,16,19-20H,4,9-10H2. The van der Waals surface area contributed by atoms with Gasteiger partial charge in [0.15, 0.2) is 0 Å². The van der Waals surface area contributed by atoms with E-state index >= 15 is 0 Å². The maximum atomic E-state index is 12.7. The zero-order valence-corrected chi connectivity index (χ0v) is 11.6. The number of amides is 1. The van der Waals surface area contributed by atoms with Gasteiger partial charge in [0, 0.05) is 23.4 Å². The molecule has 0 saturated heterocycles. The Morgan fingerprint density at radius 1 is 1.14 bits per heavy atom. The fourth-order valence-electron chi connectivity index (χ4n) is 2.74. The van der Waals surface area contributed by atoms with Crippen LogP contribution >= 0.6 is 0 Å². The van der Waals surface area contributed by atoms with E-state index in [1.165, 1.54) is 12.1 Å². The van der Waals surface area contributed by atoms with E-state index < -0.39 is 6.10 Å². The van der Waals surface area contributed by atoms with Crippen LogP contribution in [0.4, 0.5) is 5.69 Å². The van der Waals surface area contributed by atoms with Gasteiger partial charge in [0.05, 0.1) is 6.10 Å². The molecule has 1 unspecified atom stereocenters. The Kier molecular flexibility index (Phi) is 3.62. The van der Waals surface area contributed by atoms with Gasteiger partial charge in [-0.15, -0.1) is 0 Å². The molecule has 0 aromatic heterocycles. The van der Waals surface area contributed by atoms with E-state index in [9.17, 15) is 15.0 Å². The van der Waals surface area contributed by atoms with Gasteiger partial charge >= 0.3 is 0 Å². The van der Waals surface area contributed by atoms with Crippen molar-refractivity contribution in [1.82, 2.24) is 0 Å². The van der Waals surface area contributed by atoms with E-state index in [-0.39, 0.29) is 11.7 Å². The molecule has 4 nitrogen and oxygen atoms in total. The molecule has 1 amide bonds. The van der Waals surface area contributed by atoms with Gasteiger partial charge in [0.2, 0.25) is 0 Å². The van der Waals surface area contributed by atoms with E-state index in [0.29, 0.717) is 18.5 Å². The molecule has 0 spiro atoms. The predicted octanol–water partition coefficient (Wildman–Crippen LogP) is 2.87. The van der Waals surface area contributed by atoms with Crippen molar-refractivity contribution in [3.05, 3.63) is 59.7 Å². The molecule has 0 fully saturated rings. The van der Waals surface area contributed by atoms with Gasteiger partial charge in [-0.3, -0.25) is 4.79 Å². The molecule has 1 aliphatic heterocycles. The quantitative estimate of drug-likeness (QED) is 0.846. The number of phenolic OH excluding ortho intramolecular Hbond substituents is 1. The maximum absolute atomic E-state index is 12.7. The molecule has 21 heavy (non-hydrogen) atoms. The molecule has 1 aliphatic rings. The minimum Gasteiger partial charge on any atom is -0.508 e. The second-order valence-electron chi connectivity index (χ2n) is 5.22. The summed E-state index contributed by atoms with van der Waals surface area (Å²) in [5.74, 6) is -0.0866. The lowest BCUT2D eigenvalue weighted by atomic mass is 10.0. The molecule has 1 atom stereocenters. The highest BCUT2D eigenvalue weighted by Gasteiger charge is 2.25. The number of hydrogen-bond donors (Lipinski definition) is 2. The van der Waals surface area contributed by atoms with E-state index in [0.717, 1.165) is 17.7 Å². The summed E-state index contributed by atoms with van der Waals surface area (Å²) in [4.78, 5) is 14.4. The van der Waals surface area contributed by atoms with Crippen LogP contribution in [-0.4, -0.2) is 22.7 Å². The van der Waals surface area contributed by atoms with Crippen LogP contribution in [0.25, 0.3) is 0 Å². The predicted molar refractivity (Wildman–Crippen MR) is 80.4 cm³/mol.